The van der Waals surface area contributed by atoms with Gasteiger partial charge in [0.15, 0.2) is 34.8 Å². The Kier molecular flexibility index (Phi) is 7.98. The molecule has 226 valence electrons. The first-order valence-electron chi connectivity index (χ1n) is 14.3. The molecule has 1 aliphatic heterocycles. The predicted molar refractivity (Wildman–Crippen MR) is 144 cm³/mol. The third-order valence-corrected chi connectivity index (χ3v) is 8.80. The molecule has 0 spiro atoms. The first-order valence-corrected chi connectivity index (χ1v) is 14.3. The minimum Gasteiger partial charge on any atom is -0.505 e. The number of carbonyl (C=O) groups excluding carboxylic acids is 1. The van der Waals surface area contributed by atoms with Gasteiger partial charge in [-0.05, 0) is 85.6 Å². The third kappa shape index (κ3) is 5.64. The highest BCUT2D eigenvalue weighted by atomic mass is 19.2. The number of benzene rings is 3. The van der Waals surface area contributed by atoms with Crippen molar-refractivity contribution in [3.63, 3.8) is 0 Å². The summed E-state index contributed by atoms with van der Waals surface area (Å²) >= 11 is 0. The topological polar surface area (TPSA) is 59.1 Å². The maximum atomic E-state index is 15.2. The van der Waals surface area contributed by atoms with Gasteiger partial charge in [0.1, 0.15) is 12.2 Å². The molecule has 2 aliphatic carbocycles. The number of epoxide rings is 1. The summed E-state index contributed by atoms with van der Waals surface area (Å²) in [5, 5.41) is 9.34. The van der Waals surface area contributed by atoms with Crippen LogP contribution >= 0.6 is 0 Å². The molecular formula is C33H28F6O4. The van der Waals surface area contributed by atoms with E-state index in [4.69, 9.17) is 9.47 Å². The number of hydrogen-bond donors (Lipinski definition) is 1. The number of allylic oxidation sites excluding steroid dienone is 2. The van der Waals surface area contributed by atoms with Gasteiger partial charge in [-0.25, -0.2) is 26.7 Å². The van der Waals surface area contributed by atoms with E-state index in [0.717, 1.165) is 6.07 Å². The summed E-state index contributed by atoms with van der Waals surface area (Å²) in [5.74, 6) is -9.33. The van der Waals surface area contributed by atoms with Crippen LogP contribution in [0.4, 0.5) is 26.3 Å². The number of aromatic hydroxyl groups is 1. The molecule has 0 bridgehead atoms. The van der Waals surface area contributed by atoms with Crippen molar-refractivity contribution in [2.24, 2.45) is 0 Å². The molecule has 1 heterocycles. The molecule has 1 saturated carbocycles. The van der Waals surface area contributed by atoms with Crippen LogP contribution in [0.15, 0.2) is 42.5 Å². The fourth-order valence-corrected chi connectivity index (χ4v) is 6.26. The van der Waals surface area contributed by atoms with Crippen molar-refractivity contribution >= 4 is 11.5 Å². The van der Waals surface area contributed by atoms with Crippen LogP contribution in [0.25, 0.3) is 5.57 Å². The van der Waals surface area contributed by atoms with Gasteiger partial charge in [-0.1, -0.05) is 30.3 Å². The molecule has 2 atom stereocenters. The quantitative estimate of drug-likeness (QED) is 0.175. The van der Waals surface area contributed by atoms with Crippen LogP contribution in [-0.4, -0.2) is 23.8 Å². The Hall–Kier alpha value is -3.79. The molecule has 10 heteroatoms. The highest BCUT2D eigenvalue weighted by Gasteiger charge is 2.33. The van der Waals surface area contributed by atoms with E-state index in [-0.39, 0.29) is 34.6 Å². The number of rotatable bonds is 6. The van der Waals surface area contributed by atoms with Crippen LogP contribution in [0.5, 0.6) is 5.75 Å². The van der Waals surface area contributed by atoms with Crippen molar-refractivity contribution in [1.82, 2.24) is 0 Å². The molecule has 0 aromatic heterocycles. The molecule has 6 rings (SSSR count). The Morgan fingerprint density at radius 1 is 0.721 bits per heavy atom. The zero-order valence-electron chi connectivity index (χ0n) is 22.9. The molecule has 4 nitrogen and oxygen atoms in total. The monoisotopic (exact) mass is 602 g/mol. The lowest BCUT2D eigenvalue weighted by atomic mass is 9.81. The fraction of sp³-hybridized carbons (Fsp3) is 0.364. The van der Waals surface area contributed by atoms with Crippen molar-refractivity contribution < 1.29 is 45.7 Å². The highest BCUT2D eigenvalue weighted by Crippen LogP contribution is 2.41. The molecule has 0 radical (unpaired) electrons. The number of phenols is 1. The van der Waals surface area contributed by atoms with Gasteiger partial charge >= 0.3 is 5.97 Å². The minimum atomic E-state index is -1.32. The van der Waals surface area contributed by atoms with Crippen LogP contribution in [0.2, 0.25) is 0 Å². The Balaban J connectivity index is 1.09. The summed E-state index contributed by atoms with van der Waals surface area (Å²) in [4.78, 5) is 12.7. The summed E-state index contributed by atoms with van der Waals surface area (Å²) in [7, 11) is 0. The van der Waals surface area contributed by atoms with Gasteiger partial charge in [0.05, 0.1) is 12.2 Å². The summed E-state index contributed by atoms with van der Waals surface area (Å²) < 4.78 is 98.0. The molecular weight excluding hydrogens is 574 g/mol. The van der Waals surface area contributed by atoms with Gasteiger partial charge in [0, 0.05) is 11.1 Å². The maximum Gasteiger partial charge on any atom is 0.341 e. The fourth-order valence-electron chi connectivity index (χ4n) is 6.26. The molecule has 0 amide bonds. The van der Waals surface area contributed by atoms with E-state index in [1.54, 1.807) is 6.08 Å². The number of ether oxygens (including phenoxy) is 2. The van der Waals surface area contributed by atoms with E-state index in [1.807, 2.05) is 0 Å². The number of phenolic OH excluding ortho intramolecular Hbond substituents is 1. The SMILES string of the molecule is O=C(OC1CCC(c2ccc(O)c(F)c2F)CC1)c1ccc(C2CC=C(c3ccc(C4CO4)c(F)c3F)CC2)c(F)c1F. The van der Waals surface area contributed by atoms with E-state index in [1.165, 1.54) is 30.3 Å². The van der Waals surface area contributed by atoms with E-state index in [2.05, 4.69) is 0 Å². The van der Waals surface area contributed by atoms with Crippen molar-refractivity contribution in [3.8, 4) is 5.75 Å². The lowest BCUT2D eigenvalue weighted by molar-refractivity contribution is 0.0188. The van der Waals surface area contributed by atoms with Crippen LogP contribution in [0.1, 0.15) is 95.5 Å². The van der Waals surface area contributed by atoms with Gasteiger partial charge in [-0.2, -0.15) is 4.39 Å². The van der Waals surface area contributed by atoms with Crippen molar-refractivity contribution in [3.05, 3.63) is 105 Å². The van der Waals surface area contributed by atoms with Crippen molar-refractivity contribution in [2.75, 3.05) is 6.61 Å². The summed E-state index contributed by atoms with van der Waals surface area (Å²) in [6.45, 7) is 0.355. The van der Waals surface area contributed by atoms with Gasteiger partial charge < -0.3 is 14.6 Å². The normalized spacial score (nSPS) is 23.5. The number of halogens is 6. The Bertz CT molecular complexity index is 1610. The van der Waals surface area contributed by atoms with Gasteiger partial charge in [-0.3, -0.25) is 0 Å². The first kappa shape index (κ1) is 29.3. The smallest absolute Gasteiger partial charge is 0.341 e. The minimum absolute atomic E-state index is 0.0842. The summed E-state index contributed by atoms with van der Waals surface area (Å²) in [6, 6.07) is 7.97. The molecule has 3 aliphatic rings. The molecule has 43 heavy (non-hydrogen) atoms. The average Bonchev–Trinajstić information content (AvgIpc) is 3.85. The Morgan fingerprint density at radius 2 is 1.35 bits per heavy atom. The highest BCUT2D eigenvalue weighted by molar-refractivity contribution is 5.90. The number of esters is 1. The van der Waals surface area contributed by atoms with E-state index < -0.39 is 70.3 Å². The van der Waals surface area contributed by atoms with Gasteiger partial charge in [0.2, 0.25) is 5.82 Å². The Morgan fingerprint density at radius 3 is 2.02 bits per heavy atom. The lowest BCUT2D eigenvalue weighted by Crippen LogP contribution is -2.25. The molecule has 1 N–H and O–H groups in total. The van der Waals surface area contributed by atoms with Gasteiger partial charge in [-0.15, -0.1) is 0 Å². The molecule has 3 aromatic carbocycles. The first-order chi connectivity index (χ1) is 20.6. The third-order valence-electron chi connectivity index (χ3n) is 8.80. The van der Waals surface area contributed by atoms with Crippen molar-refractivity contribution in [2.45, 2.75) is 69.0 Å². The summed E-state index contributed by atoms with van der Waals surface area (Å²) in [6.07, 6.45) is 3.04. The van der Waals surface area contributed by atoms with E-state index in [0.29, 0.717) is 50.7 Å². The second kappa shape index (κ2) is 11.7. The van der Waals surface area contributed by atoms with Gasteiger partial charge in [0.25, 0.3) is 0 Å². The maximum absolute atomic E-state index is 15.2. The molecule has 1 saturated heterocycles. The van der Waals surface area contributed by atoms with Crippen LogP contribution in [0, 0.1) is 34.9 Å². The molecule has 2 fully saturated rings. The second-order valence-corrected chi connectivity index (χ2v) is 11.4. The van der Waals surface area contributed by atoms with Crippen LogP contribution in [0.3, 0.4) is 0 Å². The van der Waals surface area contributed by atoms with E-state index in [9.17, 15) is 27.5 Å². The molecule has 2 unspecified atom stereocenters. The zero-order valence-corrected chi connectivity index (χ0v) is 22.9. The lowest BCUT2D eigenvalue weighted by Gasteiger charge is -2.29. The average molecular weight is 603 g/mol. The largest absolute Gasteiger partial charge is 0.505 e. The van der Waals surface area contributed by atoms with E-state index >= 15 is 8.78 Å². The summed E-state index contributed by atoms with van der Waals surface area (Å²) in [5.41, 5.74) is 0.581. The predicted octanol–water partition coefficient (Wildman–Crippen LogP) is 8.53. The Labute approximate surface area is 243 Å². The second-order valence-electron chi connectivity index (χ2n) is 11.4. The van der Waals surface area contributed by atoms with Crippen LogP contribution in [-0.2, 0) is 9.47 Å². The number of hydrogen-bond acceptors (Lipinski definition) is 4. The molecule has 3 aromatic rings. The zero-order chi connectivity index (χ0) is 30.4. The van der Waals surface area contributed by atoms with Crippen molar-refractivity contribution in [1.29, 1.82) is 0 Å². The standard InChI is InChI=1S/C33H28F6O4/c34-27-20(9-11-23(30(27)37)26-15-42-26)16-1-3-17(4-2-16)21-10-12-24(31(38)28(21)35)33(41)43-19-7-5-18(6-8-19)22-13-14-25(40)32(39)29(22)36/h1,9-14,17-19,26,40H,2-8,15H2. The van der Waals surface area contributed by atoms with Crippen LogP contribution < -0.4 is 0 Å². The number of carbonyl (C=O) groups is 1.